The molecule has 0 radical (unpaired) electrons. The molecule has 0 bridgehead atoms. The van der Waals surface area contributed by atoms with Crippen LogP contribution in [0, 0.1) is 13.8 Å². The number of aryl methyl sites for hydroxylation is 1. The molecule has 0 aliphatic rings. The van der Waals surface area contributed by atoms with E-state index in [9.17, 15) is 9.59 Å². The number of benzene rings is 1. The number of hydrogen-bond donors (Lipinski definition) is 1. The molecule has 0 atom stereocenters. The third-order valence-electron chi connectivity index (χ3n) is 3.50. The minimum absolute atomic E-state index is 0.142. The largest absolute Gasteiger partial charge is 0.455 e. The van der Waals surface area contributed by atoms with E-state index >= 15 is 0 Å². The van der Waals surface area contributed by atoms with E-state index in [4.69, 9.17) is 4.74 Å². The van der Waals surface area contributed by atoms with Crippen LogP contribution in [-0.4, -0.2) is 40.6 Å². The Labute approximate surface area is 151 Å². The van der Waals surface area contributed by atoms with Crippen molar-refractivity contribution in [3.63, 3.8) is 0 Å². The number of thioether (sulfide) groups is 1. The molecule has 0 unspecified atom stereocenters. The van der Waals surface area contributed by atoms with E-state index in [0.717, 1.165) is 28.4 Å². The first-order chi connectivity index (χ1) is 12.0. The molecule has 6 nitrogen and oxygen atoms in total. The van der Waals surface area contributed by atoms with Crippen molar-refractivity contribution in [3.05, 3.63) is 41.7 Å². The minimum Gasteiger partial charge on any atom is -0.455 e. The maximum Gasteiger partial charge on any atom is 0.316 e. The van der Waals surface area contributed by atoms with Crippen LogP contribution in [0.1, 0.15) is 24.7 Å². The van der Waals surface area contributed by atoms with Gasteiger partial charge in [-0.3, -0.25) is 9.59 Å². The Morgan fingerprint density at radius 2 is 1.96 bits per heavy atom. The summed E-state index contributed by atoms with van der Waals surface area (Å²) in [4.78, 5) is 24.2. The molecule has 0 aliphatic carbocycles. The second-order valence-corrected chi connectivity index (χ2v) is 6.53. The number of nitrogens with zero attached hydrogens (tertiary/aromatic N) is 2. The van der Waals surface area contributed by atoms with Gasteiger partial charge in [-0.05, 0) is 32.4 Å². The second-order valence-electron chi connectivity index (χ2n) is 5.55. The lowest BCUT2D eigenvalue weighted by Gasteiger charge is -2.06. The highest BCUT2D eigenvalue weighted by molar-refractivity contribution is 8.00. The van der Waals surface area contributed by atoms with Crippen LogP contribution >= 0.6 is 11.8 Å². The van der Waals surface area contributed by atoms with E-state index in [1.807, 2.05) is 55.8 Å². The van der Waals surface area contributed by atoms with Crippen LogP contribution in [0.3, 0.4) is 0 Å². The van der Waals surface area contributed by atoms with Crippen molar-refractivity contribution in [2.45, 2.75) is 32.1 Å². The summed E-state index contributed by atoms with van der Waals surface area (Å²) in [5.41, 5.74) is 2.81. The lowest BCUT2D eigenvalue weighted by Crippen LogP contribution is -2.29. The molecule has 25 heavy (non-hydrogen) atoms. The molecular formula is C18H23N3O3S. The van der Waals surface area contributed by atoms with Crippen molar-refractivity contribution in [2.24, 2.45) is 0 Å². The molecule has 1 aromatic carbocycles. The summed E-state index contributed by atoms with van der Waals surface area (Å²) >= 11 is 1.38. The summed E-state index contributed by atoms with van der Waals surface area (Å²) < 4.78 is 6.86. The highest BCUT2D eigenvalue weighted by Gasteiger charge is 2.15. The predicted molar refractivity (Wildman–Crippen MR) is 98.0 cm³/mol. The van der Waals surface area contributed by atoms with Crippen molar-refractivity contribution >= 4 is 23.6 Å². The summed E-state index contributed by atoms with van der Waals surface area (Å²) in [5.74, 6) is -0.546. The minimum atomic E-state index is -0.414. The van der Waals surface area contributed by atoms with Gasteiger partial charge in [-0.1, -0.05) is 25.1 Å². The van der Waals surface area contributed by atoms with E-state index in [0.29, 0.717) is 6.54 Å². The Morgan fingerprint density at radius 3 is 2.64 bits per heavy atom. The molecule has 0 aliphatic heterocycles. The topological polar surface area (TPSA) is 73.2 Å². The van der Waals surface area contributed by atoms with Crippen LogP contribution in [0.25, 0.3) is 5.69 Å². The van der Waals surface area contributed by atoms with Gasteiger partial charge in [0.25, 0.3) is 5.91 Å². The Balaban J connectivity index is 1.92. The lowest BCUT2D eigenvalue weighted by molar-refractivity contribution is -0.145. The van der Waals surface area contributed by atoms with Gasteiger partial charge in [0.1, 0.15) is 0 Å². The summed E-state index contributed by atoms with van der Waals surface area (Å²) in [6.07, 6.45) is 0.847. The van der Waals surface area contributed by atoms with Crippen molar-refractivity contribution in [2.75, 3.05) is 18.9 Å². The van der Waals surface area contributed by atoms with E-state index in [2.05, 4.69) is 10.4 Å². The fraction of sp³-hybridized carbons (Fsp3) is 0.389. The van der Waals surface area contributed by atoms with Crippen LogP contribution in [-0.2, 0) is 14.3 Å². The van der Waals surface area contributed by atoms with Crippen molar-refractivity contribution in [3.8, 4) is 5.69 Å². The molecule has 1 amide bonds. The monoisotopic (exact) mass is 361 g/mol. The van der Waals surface area contributed by atoms with E-state index in [1.165, 1.54) is 11.8 Å². The standard InChI is InChI=1S/C18H23N3O3S/c1-4-10-19-16(22)11-24-17(23)12-25-18-13(2)20-21(14(18)3)15-8-6-5-7-9-15/h5-9H,4,10-12H2,1-3H3,(H,19,22). The number of ether oxygens (including phenoxy) is 1. The molecular weight excluding hydrogens is 338 g/mol. The molecule has 0 spiro atoms. The van der Waals surface area contributed by atoms with Crippen LogP contribution in [0.2, 0.25) is 0 Å². The molecule has 0 saturated carbocycles. The number of nitrogens with one attached hydrogen (secondary N) is 1. The zero-order chi connectivity index (χ0) is 18.2. The molecule has 7 heteroatoms. The van der Waals surface area contributed by atoms with Crippen LogP contribution < -0.4 is 5.32 Å². The molecule has 1 heterocycles. The second kappa shape index (κ2) is 9.27. The maximum absolute atomic E-state index is 11.8. The summed E-state index contributed by atoms with van der Waals surface area (Å²) in [5, 5.41) is 7.21. The molecule has 2 rings (SSSR count). The lowest BCUT2D eigenvalue weighted by atomic mass is 10.3. The Kier molecular flexibility index (Phi) is 7.06. The van der Waals surface area contributed by atoms with Gasteiger partial charge in [-0.2, -0.15) is 5.10 Å². The van der Waals surface area contributed by atoms with Gasteiger partial charge in [0.2, 0.25) is 0 Å². The Bertz CT molecular complexity index is 729. The smallest absolute Gasteiger partial charge is 0.316 e. The molecule has 1 aromatic heterocycles. The number of rotatable bonds is 8. The van der Waals surface area contributed by atoms with Crippen LogP contribution in [0.4, 0.5) is 0 Å². The maximum atomic E-state index is 11.8. The van der Waals surface area contributed by atoms with E-state index in [1.54, 1.807) is 0 Å². The normalized spacial score (nSPS) is 10.5. The zero-order valence-corrected chi connectivity index (χ0v) is 15.6. The predicted octanol–water partition coefficient (Wildman–Crippen LogP) is 2.65. The number of amides is 1. The Hall–Kier alpha value is -2.28. The van der Waals surface area contributed by atoms with Crippen molar-refractivity contribution in [1.29, 1.82) is 0 Å². The third kappa shape index (κ3) is 5.35. The first-order valence-electron chi connectivity index (χ1n) is 8.19. The molecule has 0 fully saturated rings. The highest BCUT2D eigenvalue weighted by atomic mass is 32.2. The average Bonchev–Trinajstić information content (AvgIpc) is 2.91. The third-order valence-corrected chi connectivity index (χ3v) is 4.76. The van der Waals surface area contributed by atoms with Gasteiger partial charge >= 0.3 is 5.97 Å². The van der Waals surface area contributed by atoms with Gasteiger partial charge in [0.15, 0.2) is 6.61 Å². The zero-order valence-electron chi connectivity index (χ0n) is 14.7. The number of carbonyl (C=O) groups is 2. The first kappa shape index (κ1) is 19.1. The summed E-state index contributed by atoms with van der Waals surface area (Å²) in [6, 6.07) is 9.84. The molecule has 2 aromatic rings. The van der Waals surface area contributed by atoms with Gasteiger partial charge in [-0.15, -0.1) is 11.8 Å². The molecule has 0 saturated heterocycles. The van der Waals surface area contributed by atoms with Gasteiger partial charge in [0.05, 0.1) is 27.7 Å². The summed E-state index contributed by atoms with van der Waals surface area (Å²) in [7, 11) is 0. The number of hydrogen-bond acceptors (Lipinski definition) is 5. The fourth-order valence-corrected chi connectivity index (χ4v) is 3.18. The van der Waals surface area contributed by atoms with Gasteiger partial charge < -0.3 is 10.1 Å². The van der Waals surface area contributed by atoms with Crippen LogP contribution in [0.5, 0.6) is 0 Å². The first-order valence-corrected chi connectivity index (χ1v) is 9.18. The summed E-state index contributed by atoms with van der Waals surface area (Å²) in [6.45, 7) is 6.20. The van der Waals surface area contributed by atoms with Crippen molar-refractivity contribution < 1.29 is 14.3 Å². The number of para-hydroxylation sites is 1. The van der Waals surface area contributed by atoms with Crippen molar-refractivity contribution in [1.82, 2.24) is 15.1 Å². The average molecular weight is 361 g/mol. The number of carbonyl (C=O) groups excluding carboxylic acids is 2. The van der Waals surface area contributed by atoms with E-state index < -0.39 is 5.97 Å². The molecule has 1 N–H and O–H groups in total. The van der Waals surface area contributed by atoms with Gasteiger partial charge in [-0.25, -0.2) is 4.68 Å². The molecule has 134 valence electrons. The number of aromatic nitrogens is 2. The van der Waals surface area contributed by atoms with E-state index in [-0.39, 0.29) is 18.3 Å². The van der Waals surface area contributed by atoms with Crippen LogP contribution in [0.15, 0.2) is 35.2 Å². The SMILES string of the molecule is CCCNC(=O)COC(=O)CSc1c(C)nn(-c2ccccc2)c1C. The number of esters is 1. The Morgan fingerprint density at radius 1 is 1.24 bits per heavy atom. The van der Waals surface area contributed by atoms with Gasteiger partial charge in [0, 0.05) is 6.54 Å². The quantitative estimate of drug-likeness (QED) is 0.578. The highest BCUT2D eigenvalue weighted by Crippen LogP contribution is 2.27. The fourth-order valence-electron chi connectivity index (χ4n) is 2.29.